The summed E-state index contributed by atoms with van der Waals surface area (Å²) in [7, 11) is 0. The second-order valence-electron chi connectivity index (χ2n) is 5.86. The number of nitrogens with one attached hydrogen (secondary N) is 1. The molecule has 122 valence electrons. The normalized spacial score (nSPS) is 24.9. The van der Waals surface area contributed by atoms with Crippen molar-refractivity contribution in [1.82, 2.24) is 10.2 Å². The fraction of sp³-hybridized carbons (Fsp3) is 0.438. The highest BCUT2D eigenvalue weighted by Crippen LogP contribution is 2.28. The Labute approximate surface area is 133 Å². The van der Waals surface area contributed by atoms with Crippen LogP contribution >= 0.6 is 0 Å². The maximum absolute atomic E-state index is 12.7. The van der Waals surface area contributed by atoms with E-state index in [0.29, 0.717) is 25.9 Å². The minimum atomic E-state index is -0.741. The summed E-state index contributed by atoms with van der Waals surface area (Å²) in [6.45, 7) is 0.917. The Morgan fingerprint density at radius 3 is 2.43 bits per heavy atom. The smallest absolute Gasteiger partial charge is 0.408 e. The number of likely N-dealkylation sites (tertiary alicyclic amines) is 1. The predicted octanol–water partition coefficient (Wildman–Crippen LogP) is 0.560. The molecule has 1 aromatic rings. The number of carbonyl (C=O) groups is 3. The summed E-state index contributed by atoms with van der Waals surface area (Å²) in [4.78, 5) is 37.2. The van der Waals surface area contributed by atoms with Crippen LogP contribution in [-0.2, 0) is 14.3 Å². The molecule has 1 aromatic carbocycles. The summed E-state index contributed by atoms with van der Waals surface area (Å²) in [5.41, 5.74) is 6.08. The van der Waals surface area contributed by atoms with Crippen molar-refractivity contribution in [3.63, 3.8) is 0 Å². The molecular formula is C16H19N3O4. The molecule has 2 fully saturated rings. The first-order valence-corrected chi connectivity index (χ1v) is 7.66. The lowest BCUT2D eigenvalue weighted by Crippen LogP contribution is -2.50. The van der Waals surface area contributed by atoms with E-state index < -0.39 is 18.2 Å². The largest absolute Gasteiger partial charge is 0.439 e. The molecule has 2 unspecified atom stereocenters. The van der Waals surface area contributed by atoms with Gasteiger partial charge < -0.3 is 20.7 Å². The van der Waals surface area contributed by atoms with Gasteiger partial charge in [0, 0.05) is 19.0 Å². The zero-order valence-electron chi connectivity index (χ0n) is 12.6. The molecule has 0 radical (unpaired) electrons. The molecule has 7 heteroatoms. The lowest BCUT2D eigenvalue weighted by Gasteiger charge is -2.32. The van der Waals surface area contributed by atoms with Crippen LogP contribution in [0.1, 0.15) is 24.5 Å². The van der Waals surface area contributed by atoms with E-state index in [0.717, 1.165) is 5.56 Å². The molecule has 3 N–H and O–H groups in total. The summed E-state index contributed by atoms with van der Waals surface area (Å²) < 4.78 is 5.26. The maximum Gasteiger partial charge on any atom is 0.408 e. The first kappa shape index (κ1) is 15.3. The van der Waals surface area contributed by atoms with E-state index in [1.165, 1.54) is 0 Å². The van der Waals surface area contributed by atoms with E-state index in [4.69, 9.17) is 10.5 Å². The van der Waals surface area contributed by atoms with Crippen LogP contribution in [-0.4, -0.2) is 41.9 Å². The number of nitrogens with two attached hydrogens (primary N) is 1. The summed E-state index contributed by atoms with van der Waals surface area (Å²) in [5.74, 6) is -0.692. The highest BCUT2D eigenvalue weighted by Gasteiger charge is 2.42. The highest BCUT2D eigenvalue weighted by atomic mass is 16.6. The average molecular weight is 317 g/mol. The van der Waals surface area contributed by atoms with Gasteiger partial charge in [-0.2, -0.15) is 0 Å². The van der Waals surface area contributed by atoms with Crippen molar-refractivity contribution in [2.24, 2.45) is 11.7 Å². The van der Waals surface area contributed by atoms with E-state index in [-0.39, 0.29) is 17.7 Å². The summed E-state index contributed by atoms with van der Waals surface area (Å²) in [5, 5.41) is 2.59. The number of amides is 3. The van der Waals surface area contributed by atoms with Crippen LogP contribution in [0.25, 0.3) is 0 Å². The number of cyclic esters (lactones) is 1. The number of primary amides is 1. The molecule has 0 bridgehead atoms. The molecule has 0 spiro atoms. The second-order valence-corrected chi connectivity index (χ2v) is 5.86. The summed E-state index contributed by atoms with van der Waals surface area (Å²) in [6, 6.07) is 8.44. The fourth-order valence-corrected chi connectivity index (χ4v) is 3.10. The lowest BCUT2D eigenvalue weighted by molar-refractivity contribution is -0.137. The van der Waals surface area contributed by atoms with Gasteiger partial charge in [0.05, 0.1) is 0 Å². The van der Waals surface area contributed by atoms with Crippen molar-refractivity contribution in [3.8, 4) is 0 Å². The number of ether oxygens (including phenoxy) is 1. The van der Waals surface area contributed by atoms with Gasteiger partial charge in [0.25, 0.3) is 0 Å². The van der Waals surface area contributed by atoms with Crippen LogP contribution in [0.15, 0.2) is 30.3 Å². The van der Waals surface area contributed by atoms with Crippen molar-refractivity contribution >= 4 is 17.9 Å². The number of carbonyl (C=O) groups excluding carboxylic acids is 3. The summed E-state index contributed by atoms with van der Waals surface area (Å²) in [6.07, 6.45) is -0.119. The molecule has 2 aliphatic rings. The third kappa shape index (κ3) is 3.13. The average Bonchev–Trinajstić information content (AvgIpc) is 2.97. The minimum absolute atomic E-state index is 0.182. The van der Waals surface area contributed by atoms with E-state index in [9.17, 15) is 14.4 Å². The van der Waals surface area contributed by atoms with E-state index in [1.54, 1.807) is 4.90 Å². The minimum Gasteiger partial charge on any atom is -0.439 e. The van der Waals surface area contributed by atoms with Crippen molar-refractivity contribution in [3.05, 3.63) is 35.9 Å². The van der Waals surface area contributed by atoms with Gasteiger partial charge in [-0.1, -0.05) is 30.3 Å². The molecule has 2 saturated heterocycles. The van der Waals surface area contributed by atoms with Gasteiger partial charge in [0.2, 0.25) is 11.8 Å². The number of hydrogen-bond donors (Lipinski definition) is 2. The topological polar surface area (TPSA) is 102 Å². The molecule has 0 saturated carbocycles. The third-order valence-electron chi connectivity index (χ3n) is 4.41. The van der Waals surface area contributed by atoms with Gasteiger partial charge in [0.15, 0.2) is 12.1 Å². The number of alkyl carbamates (subject to hydrolysis) is 1. The predicted molar refractivity (Wildman–Crippen MR) is 81.1 cm³/mol. The Balaban J connectivity index is 1.71. The molecule has 23 heavy (non-hydrogen) atoms. The van der Waals surface area contributed by atoms with Crippen molar-refractivity contribution < 1.29 is 19.1 Å². The van der Waals surface area contributed by atoms with Crippen LogP contribution in [0.5, 0.6) is 0 Å². The molecule has 7 nitrogen and oxygen atoms in total. The number of hydrogen-bond acceptors (Lipinski definition) is 4. The van der Waals surface area contributed by atoms with E-state index in [1.807, 2.05) is 30.3 Å². The Bertz CT molecular complexity index is 611. The monoisotopic (exact) mass is 317 g/mol. The first-order valence-electron chi connectivity index (χ1n) is 7.66. The van der Waals surface area contributed by atoms with Crippen molar-refractivity contribution in [2.45, 2.75) is 25.0 Å². The lowest BCUT2D eigenvalue weighted by atomic mass is 9.95. The maximum atomic E-state index is 12.7. The Morgan fingerprint density at radius 2 is 1.83 bits per heavy atom. The van der Waals surface area contributed by atoms with Crippen LogP contribution in [0, 0.1) is 5.92 Å². The number of rotatable bonds is 3. The fourth-order valence-electron chi connectivity index (χ4n) is 3.10. The standard InChI is InChI=1S/C16H19N3O4/c17-14(20)11-6-8-19(9-7-11)15(21)12-13(23-16(22)18-12)10-4-2-1-3-5-10/h1-5,11-13H,6-9H2,(H2,17,20)(H,18,22). The van der Waals surface area contributed by atoms with Gasteiger partial charge in [-0.3, -0.25) is 9.59 Å². The van der Waals surface area contributed by atoms with Crippen LogP contribution in [0.2, 0.25) is 0 Å². The Kier molecular flexibility index (Phi) is 4.18. The Hall–Kier alpha value is -2.57. The third-order valence-corrected chi connectivity index (χ3v) is 4.41. The second kappa shape index (κ2) is 6.28. The van der Waals surface area contributed by atoms with Crippen LogP contribution in [0.4, 0.5) is 4.79 Å². The van der Waals surface area contributed by atoms with Gasteiger partial charge in [-0.05, 0) is 18.4 Å². The molecule has 3 amide bonds. The van der Waals surface area contributed by atoms with Gasteiger partial charge >= 0.3 is 6.09 Å². The molecule has 2 atom stereocenters. The number of benzene rings is 1. The molecule has 0 aliphatic carbocycles. The molecule has 2 heterocycles. The SMILES string of the molecule is NC(=O)C1CCN(C(=O)C2NC(=O)OC2c2ccccc2)CC1. The molecular weight excluding hydrogens is 298 g/mol. The quantitative estimate of drug-likeness (QED) is 0.850. The van der Waals surface area contributed by atoms with Gasteiger partial charge in [0.1, 0.15) is 0 Å². The van der Waals surface area contributed by atoms with Gasteiger partial charge in [-0.15, -0.1) is 0 Å². The van der Waals surface area contributed by atoms with Crippen molar-refractivity contribution in [1.29, 1.82) is 0 Å². The van der Waals surface area contributed by atoms with Crippen LogP contribution < -0.4 is 11.1 Å². The molecule has 2 aliphatic heterocycles. The van der Waals surface area contributed by atoms with E-state index in [2.05, 4.69) is 5.32 Å². The van der Waals surface area contributed by atoms with E-state index >= 15 is 0 Å². The highest BCUT2D eigenvalue weighted by molar-refractivity contribution is 5.89. The Morgan fingerprint density at radius 1 is 1.17 bits per heavy atom. The number of nitrogens with zero attached hydrogens (tertiary/aromatic N) is 1. The van der Waals surface area contributed by atoms with Crippen molar-refractivity contribution in [2.75, 3.05) is 13.1 Å². The first-order chi connectivity index (χ1) is 11.1. The number of piperidine rings is 1. The molecule has 0 aromatic heterocycles. The zero-order valence-corrected chi connectivity index (χ0v) is 12.6. The van der Waals surface area contributed by atoms with Crippen LogP contribution in [0.3, 0.4) is 0 Å². The molecule has 3 rings (SSSR count). The van der Waals surface area contributed by atoms with Gasteiger partial charge in [-0.25, -0.2) is 4.79 Å². The zero-order chi connectivity index (χ0) is 16.4. The summed E-state index contributed by atoms with van der Waals surface area (Å²) >= 11 is 0.